The Kier molecular flexibility index (Phi) is 5.84. The molecular weight excluding hydrogens is 438 g/mol. The fraction of sp³-hybridized carbons (Fsp3) is 0.500. The second-order valence-corrected chi connectivity index (χ2v) is 11.5. The van der Waals surface area contributed by atoms with E-state index in [1.165, 1.54) is 15.6 Å². The lowest BCUT2D eigenvalue weighted by Gasteiger charge is -2.15. The molecule has 2 aromatic heterocycles. The van der Waals surface area contributed by atoms with Gasteiger partial charge in [-0.15, -0.1) is 0 Å². The second kappa shape index (κ2) is 8.29. The van der Waals surface area contributed by atoms with Gasteiger partial charge in [-0.3, -0.25) is 4.79 Å². The molecular formula is C20H25N5O4S2. The van der Waals surface area contributed by atoms with Gasteiger partial charge in [0.1, 0.15) is 0 Å². The van der Waals surface area contributed by atoms with Gasteiger partial charge in [-0.2, -0.15) is 9.29 Å². The highest BCUT2D eigenvalue weighted by Gasteiger charge is 2.27. The first-order valence-electron chi connectivity index (χ1n) is 10.2. The molecule has 3 heterocycles. The predicted molar refractivity (Wildman–Crippen MR) is 118 cm³/mol. The predicted octanol–water partition coefficient (Wildman–Crippen LogP) is 3.33. The fourth-order valence-electron chi connectivity index (χ4n) is 3.26. The number of amides is 1. The molecule has 0 aliphatic carbocycles. The van der Waals surface area contributed by atoms with Gasteiger partial charge in [0.25, 0.3) is 0 Å². The monoisotopic (exact) mass is 463 g/mol. The van der Waals surface area contributed by atoms with Gasteiger partial charge < -0.3 is 9.84 Å². The summed E-state index contributed by atoms with van der Waals surface area (Å²) in [7, 11) is -3.49. The zero-order chi connectivity index (χ0) is 22.2. The Bertz CT molecular complexity index is 1200. The van der Waals surface area contributed by atoms with Gasteiger partial charge in [-0.25, -0.2) is 13.4 Å². The summed E-state index contributed by atoms with van der Waals surface area (Å²) in [6.45, 7) is 7.08. The number of nitrogens with zero attached hydrogens (tertiary/aromatic N) is 4. The highest BCUT2D eigenvalue weighted by atomic mass is 32.2. The molecule has 9 nitrogen and oxygen atoms in total. The van der Waals surface area contributed by atoms with Crippen molar-refractivity contribution in [3.05, 3.63) is 29.9 Å². The molecule has 1 amide bonds. The van der Waals surface area contributed by atoms with Crippen molar-refractivity contribution in [1.29, 1.82) is 0 Å². The third-order valence-corrected chi connectivity index (χ3v) is 7.84. The minimum absolute atomic E-state index is 0.177. The number of nitrogens with one attached hydrogen (secondary N) is 1. The maximum absolute atomic E-state index is 12.8. The van der Waals surface area contributed by atoms with E-state index in [0.29, 0.717) is 46.6 Å². The summed E-state index contributed by atoms with van der Waals surface area (Å²) in [5, 5.41) is 7.15. The van der Waals surface area contributed by atoms with Crippen molar-refractivity contribution in [2.45, 2.75) is 56.8 Å². The van der Waals surface area contributed by atoms with Crippen LogP contribution >= 0.6 is 11.3 Å². The van der Waals surface area contributed by atoms with E-state index in [1.54, 1.807) is 18.2 Å². The maximum atomic E-state index is 12.8. The van der Waals surface area contributed by atoms with E-state index in [-0.39, 0.29) is 22.6 Å². The Hall–Kier alpha value is -2.37. The topological polar surface area (TPSA) is 118 Å². The van der Waals surface area contributed by atoms with Gasteiger partial charge in [0, 0.05) is 31.3 Å². The van der Waals surface area contributed by atoms with Gasteiger partial charge in [0.15, 0.2) is 11.0 Å². The van der Waals surface area contributed by atoms with Crippen LogP contribution in [0.5, 0.6) is 0 Å². The van der Waals surface area contributed by atoms with Crippen LogP contribution in [0.1, 0.15) is 51.7 Å². The number of aromatic nitrogens is 3. The number of thiazole rings is 1. The third kappa shape index (κ3) is 4.78. The van der Waals surface area contributed by atoms with Crippen LogP contribution in [0.25, 0.3) is 10.2 Å². The summed E-state index contributed by atoms with van der Waals surface area (Å²) in [5.74, 6) is 0.800. The number of hydrogen-bond donors (Lipinski definition) is 1. The number of anilines is 1. The first kappa shape index (κ1) is 21.8. The van der Waals surface area contributed by atoms with Crippen molar-refractivity contribution < 1.29 is 17.7 Å². The Morgan fingerprint density at radius 3 is 2.65 bits per heavy atom. The van der Waals surface area contributed by atoms with Crippen molar-refractivity contribution >= 4 is 42.6 Å². The third-order valence-electron chi connectivity index (χ3n) is 5.01. The highest BCUT2D eigenvalue weighted by molar-refractivity contribution is 7.89. The molecule has 1 aromatic carbocycles. The van der Waals surface area contributed by atoms with Crippen LogP contribution in [0.3, 0.4) is 0 Å². The quantitative estimate of drug-likeness (QED) is 0.595. The standard InChI is InChI=1S/C20H25N5O4S2/c1-20(2,3)18-23-17(29-24-18)9-8-16(26)22-19-21-14-7-6-13(12-15(14)30-19)31(27,28)25-10-4-5-11-25/h6-7,12H,4-5,8-11H2,1-3H3,(H,21,22,26). The molecule has 1 aliphatic rings. The van der Waals surface area contributed by atoms with Crippen molar-refractivity contribution in [3.8, 4) is 0 Å². The molecule has 4 rings (SSSR count). The summed E-state index contributed by atoms with van der Waals surface area (Å²) < 4.78 is 33.0. The first-order chi connectivity index (χ1) is 14.6. The number of aryl methyl sites for hydroxylation is 1. The largest absolute Gasteiger partial charge is 0.339 e. The van der Waals surface area contributed by atoms with Gasteiger partial charge >= 0.3 is 0 Å². The van der Waals surface area contributed by atoms with E-state index in [4.69, 9.17) is 4.52 Å². The van der Waals surface area contributed by atoms with Crippen molar-refractivity contribution in [3.63, 3.8) is 0 Å². The lowest BCUT2D eigenvalue weighted by atomic mass is 9.96. The van der Waals surface area contributed by atoms with Crippen LogP contribution in [-0.2, 0) is 26.7 Å². The molecule has 1 aliphatic heterocycles. The second-order valence-electron chi connectivity index (χ2n) is 8.57. The molecule has 0 unspecified atom stereocenters. The molecule has 0 saturated carbocycles. The molecule has 31 heavy (non-hydrogen) atoms. The van der Waals surface area contributed by atoms with E-state index < -0.39 is 10.0 Å². The van der Waals surface area contributed by atoms with E-state index in [0.717, 1.165) is 12.8 Å². The van der Waals surface area contributed by atoms with Crippen molar-refractivity contribution in [2.75, 3.05) is 18.4 Å². The molecule has 0 bridgehead atoms. The Balaban J connectivity index is 1.41. The smallest absolute Gasteiger partial charge is 0.243 e. The number of benzene rings is 1. The minimum atomic E-state index is -3.49. The summed E-state index contributed by atoms with van der Waals surface area (Å²) in [6, 6.07) is 4.88. The SMILES string of the molecule is CC(C)(C)c1noc(CCC(=O)Nc2nc3ccc(S(=O)(=O)N4CCCC4)cc3s2)n1. The van der Waals surface area contributed by atoms with E-state index in [2.05, 4.69) is 20.4 Å². The first-order valence-corrected chi connectivity index (χ1v) is 12.4. The Morgan fingerprint density at radius 2 is 1.97 bits per heavy atom. The molecule has 3 aromatic rings. The molecule has 166 valence electrons. The lowest BCUT2D eigenvalue weighted by Crippen LogP contribution is -2.27. The zero-order valence-corrected chi connectivity index (χ0v) is 19.3. The van der Waals surface area contributed by atoms with Crippen molar-refractivity contribution in [1.82, 2.24) is 19.4 Å². The Labute approximate surface area is 184 Å². The van der Waals surface area contributed by atoms with Crippen molar-refractivity contribution in [2.24, 2.45) is 0 Å². The molecule has 11 heteroatoms. The average Bonchev–Trinajstić information content (AvgIpc) is 3.45. The van der Waals surface area contributed by atoms with E-state index >= 15 is 0 Å². The molecule has 0 spiro atoms. The van der Waals surface area contributed by atoms with Crippen LogP contribution in [0.4, 0.5) is 5.13 Å². The molecule has 1 saturated heterocycles. The number of hydrogen-bond acceptors (Lipinski definition) is 8. The normalized spacial score (nSPS) is 15.6. The summed E-state index contributed by atoms with van der Waals surface area (Å²) in [6.07, 6.45) is 2.28. The van der Waals surface area contributed by atoms with Crippen LogP contribution < -0.4 is 5.32 Å². The number of sulfonamides is 1. The summed E-state index contributed by atoms with van der Waals surface area (Å²) in [4.78, 5) is 21.3. The van der Waals surface area contributed by atoms with Gasteiger partial charge in [-0.1, -0.05) is 37.3 Å². The maximum Gasteiger partial charge on any atom is 0.243 e. The number of rotatable bonds is 6. The zero-order valence-electron chi connectivity index (χ0n) is 17.7. The van der Waals surface area contributed by atoms with Gasteiger partial charge in [0.05, 0.1) is 15.1 Å². The highest BCUT2D eigenvalue weighted by Crippen LogP contribution is 2.30. The van der Waals surface area contributed by atoms with Crippen LogP contribution in [0.2, 0.25) is 0 Å². The molecule has 0 atom stereocenters. The average molecular weight is 464 g/mol. The summed E-state index contributed by atoms with van der Waals surface area (Å²) >= 11 is 1.25. The van der Waals surface area contributed by atoms with E-state index in [9.17, 15) is 13.2 Å². The number of fused-ring (bicyclic) bond motifs is 1. The molecule has 1 fully saturated rings. The summed E-state index contributed by atoms with van der Waals surface area (Å²) in [5.41, 5.74) is 0.430. The van der Waals surface area contributed by atoms with E-state index in [1.807, 2.05) is 20.8 Å². The Morgan fingerprint density at radius 1 is 1.23 bits per heavy atom. The van der Waals surface area contributed by atoms with Crippen LogP contribution in [-0.4, -0.2) is 46.8 Å². The van der Waals surface area contributed by atoms with Crippen LogP contribution in [0, 0.1) is 0 Å². The van der Waals surface area contributed by atoms with Crippen LogP contribution in [0.15, 0.2) is 27.6 Å². The van der Waals surface area contributed by atoms with Gasteiger partial charge in [0.2, 0.25) is 21.8 Å². The fourth-order valence-corrected chi connectivity index (χ4v) is 5.80. The van der Waals surface area contributed by atoms with Gasteiger partial charge in [-0.05, 0) is 31.0 Å². The molecule has 1 N–H and O–H groups in total. The number of carbonyl (C=O) groups excluding carboxylic acids is 1. The lowest BCUT2D eigenvalue weighted by molar-refractivity contribution is -0.116. The minimum Gasteiger partial charge on any atom is -0.339 e. The molecule has 0 radical (unpaired) electrons. The number of carbonyl (C=O) groups is 1.